The highest BCUT2D eigenvalue weighted by molar-refractivity contribution is 4.90. The smallest absolute Gasteiger partial charge is 0.163 e. The molecule has 19 heavy (non-hydrogen) atoms. The van der Waals surface area contributed by atoms with E-state index in [1.165, 1.54) is 0 Å². The van der Waals surface area contributed by atoms with Gasteiger partial charge in [0.2, 0.25) is 0 Å². The average Bonchev–Trinajstić information content (AvgIpc) is 2.68. The van der Waals surface area contributed by atoms with Crippen LogP contribution in [0.3, 0.4) is 0 Å². The first kappa shape index (κ1) is 14.9. The molecule has 0 amide bonds. The normalized spacial score (nSPS) is 33.1. The third-order valence-corrected chi connectivity index (χ3v) is 3.21. The zero-order chi connectivity index (χ0) is 13.7. The van der Waals surface area contributed by atoms with Gasteiger partial charge in [0.25, 0.3) is 0 Å². The predicted molar refractivity (Wildman–Crippen MR) is 70.0 cm³/mol. The van der Waals surface area contributed by atoms with Crippen molar-refractivity contribution in [1.29, 1.82) is 0 Å². The van der Waals surface area contributed by atoms with Crippen LogP contribution in [0, 0.1) is 0 Å². The van der Waals surface area contributed by atoms with E-state index in [2.05, 4.69) is 6.58 Å². The summed E-state index contributed by atoms with van der Waals surface area (Å²) in [5.41, 5.74) is 0. The van der Waals surface area contributed by atoms with Gasteiger partial charge < -0.3 is 23.7 Å². The highest BCUT2D eigenvalue weighted by Crippen LogP contribution is 2.35. The Bertz CT molecular complexity index is 292. The Hall–Kier alpha value is -0.460. The van der Waals surface area contributed by atoms with Crippen molar-refractivity contribution in [3.63, 3.8) is 0 Å². The van der Waals surface area contributed by atoms with E-state index in [1.54, 1.807) is 6.08 Å². The molecule has 2 saturated heterocycles. The van der Waals surface area contributed by atoms with Gasteiger partial charge in [0.15, 0.2) is 5.79 Å². The van der Waals surface area contributed by atoms with Crippen LogP contribution in [0.5, 0.6) is 0 Å². The average molecular weight is 272 g/mol. The lowest BCUT2D eigenvalue weighted by Gasteiger charge is -2.31. The number of hydrogen-bond donors (Lipinski definition) is 0. The summed E-state index contributed by atoms with van der Waals surface area (Å²) in [5, 5.41) is 0. The van der Waals surface area contributed by atoms with Gasteiger partial charge in [-0.15, -0.1) is 6.58 Å². The molecular formula is C14H24O5. The maximum Gasteiger partial charge on any atom is 0.163 e. The summed E-state index contributed by atoms with van der Waals surface area (Å²) >= 11 is 0. The highest BCUT2D eigenvalue weighted by atomic mass is 16.8. The van der Waals surface area contributed by atoms with Gasteiger partial charge >= 0.3 is 0 Å². The van der Waals surface area contributed by atoms with Crippen LogP contribution in [0.4, 0.5) is 0 Å². The Balaban J connectivity index is 1.69. The van der Waals surface area contributed by atoms with Crippen molar-refractivity contribution in [3.05, 3.63) is 12.7 Å². The second-order valence-electron chi connectivity index (χ2n) is 5.28. The molecule has 110 valence electrons. The fraction of sp³-hybridized carbons (Fsp3) is 0.857. The molecule has 3 unspecified atom stereocenters. The number of rotatable bonds is 7. The van der Waals surface area contributed by atoms with Crippen molar-refractivity contribution in [2.24, 2.45) is 0 Å². The topological polar surface area (TPSA) is 46.2 Å². The number of fused-ring (bicyclic) bond motifs is 1. The van der Waals surface area contributed by atoms with Gasteiger partial charge in [-0.1, -0.05) is 6.08 Å². The van der Waals surface area contributed by atoms with Crippen LogP contribution in [0.2, 0.25) is 0 Å². The third kappa shape index (κ3) is 4.26. The minimum Gasteiger partial charge on any atom is -0.376 e. The summed E-state index contributed by atoms with van der Waals surface area (Å²) in [6.45, 7) is 10.3. The van der Waals surface area contributed by atoms with Crippen molar-refractivity contribution in [2.45, 2.75) is 44.4 Å². The van der Waals surface area contributed by atoms with Crippen molar-refractivity contribution in [1.82, 2.24) is 0 Å². The Morgan fingerprint density at radius 3 is 2.84 bits per heavy atom. The molecule has 2 rings (SSSR count). The van der Waals surface area contributed by atoms with Gasteiger partial charge in [-0.25, -0.2) is 0 Å². The molecule has 0 aromatic rings. The lowest BCUT2D eigenvalue weighted by Crippen LogP contribution is -2.45. The maximum atomic E-state index is 5.89. The molecule has 0 bridgehead atoms. The summed E-state index contributed by atoms with van der Waals surface area (Å²) in [4.78, 5) is 0. The summed E-state index contributed by atoms with van der Waals surface area (Å²) in [6, 6.07) is 0. The first-order valence-electron chi connectivity index (χ1n) is 6.86. The lowest BCUT2D eigenvalue weighted by atomic mass is 10.0. The minimum absolute atomic E-state index is 0.0298. The molecule has 3 atom stereocenters. The number of ether oxygens (including phenoxy) is 5. The van der Waals surface area contributed by atoms with E-state index >= 15 is 0 Å². The molecule has 2 fully saturated rings. The van der Waals surface area contributed by atoms with Crippen molar-refractivity contribution >= 4 is 0 Å². The van der Waals surface area contributed by atoms with Crippen LogP contribution in [0.1, 0.15) is 20.3 Å². The molecule has 2 heterocycles. The molecule has 0 N–H and O–H groups in total. The van der Waals surface area contributed by atoms with Crippen molar-refractivity contribution in [2.75, 3.05) is 33.0 Å². The van der Waals surface area contributed by atoms with Crippen molar-refractivity contribution < 1.29 is 23.7 Å². The molecule has 5 nitrogen and oxygen atoms in total. The quantitative estimate of drug-likeness (QED) is 0.519. The minimum atomic E-state index is -0.519. The van der Waals surface area contributed by atoms with E-state index in [0.29, 0.717) is 33.0 Å². The zero-order valence-electron chi connectivity index (χ0n) is 11.8. The Kier molecular flexibility index (Phi) is 5.36. The zero-order valence-corrected chi connectivity index (χ0v) is 11.8. The molecular weight excluding hydrogens is 248 g/mol. The predicted octanol–water partition coefficient (Wildman–Crippen LogP) is 1.51. The molecule has 0 saturated carbocycles. The number of hydrogen-bond acceptors (Lipinski definition) is 5. The van der Waals surface area contributed by atoms with E-state index in [1.807, 2.05) is 13.8 Å². The Labute approximate surface area is 114 Å². The molecule has 2 aliphatic heterocycles. The van der Waals surface area contributed by atoms with Gasteiger partial charge in [-0.3, -0.25) is 0 Å². The van der Waals surface area contributed by atoms with Crippen LogP contribution < -0.4 is 0 Å². The van der Waals surface area contributed by atoms with Gasteiger partial charge in [0.1, 0.15) is 12.2 Å². The van der Waals surface area contributed by atoms with Crippen LogP contribution in [0.25, 0.3) is 0 Å². The van der Waals surface area contributed by atoms with E-state index in [9.17, 15) is 0 Å². The van der Waals surface area contributed by atoms with E-state index in [-0.39, 0.29) is 18.3 Å². The maximum absolute atomic E-state index is 5.89. The molecule has 0 aliphatic carbocycles. The van der Waals surface area contributed by atoms with Gasteiger partial charge in [-0.2, -0.15) is 0 Å². The third-order valence-electron chi connectivity index (χ3n) is 3.21. The fourth-order valence-electron chi connectivity index (χ4n) is 2.46. The van der Waals surface area contributed by atoms with E-state index in [4.69, 9.17) is 23.7 Å². The summed E-state index contributed by atoms with van der Waals surface area (Å²) in [7, 11) is 0. The first-order chi connectivity index (χ1) is 9.12. The first-order valence-corrected chi connectivity index (χ1v) is 6.86. The fourth-order valence-corrected chi connectivity index (χ4v) is 2.46. The van der Waals surface area contributed by atoms with Gasteiger partial charge in [0, 0.05) is 6.61 Å². The van der Waals surface area contributed by atoms with Crippen LogP contribution in [-0.4, -0.2) is 57.1 Å². The van der Waals surface area contributed by atoms with Gasteiger partial charge in [-0.05, 0) is 20.3 Å². The van der Waals surface area contributed by atoms with E-state index in [0.717, 1.165) is 6.42 Å². The molecule has 0 radical (unpaired) electrons. The Morgan fingerprint density at radius 2 is 2.05 bits per heavy atom. The van der Waals surface area contributed by atoms with Gasteiger partial charge in [0.05, 0.1) is 32.5 Å². The molecule has 2 aliphatic rings. The molecule has 5 heteroatoms. The second kappa shape index (κ2) is 6.81. The molecule has 0 aromatic heterocycles. The molecule has 0 spiro atoms. The van der Waals surface area contributed by atoms with Crippen molar-refractivity contribution in [3.8, 4) is 0 Å². The summed E-state index contributed by atoms with van der Waals surface area (Å²) < 4.78 is 28.3. The second-order valence-corrected chi connectivity index (χ2v) is 5.28. The largest absolute Gasteiger partial charge is 0.376 e. The SMILES string of the molecule is C=CCOCCOCC1OCCC2OC(C)(C)OC12. The van der Waals surface area contributed by atoms with Crippen LogP contribution in [0.15, 0.2) is 12.7 Å². The summed E-state index contributed by atoms with van der Waals surface area (Å²) in [5.74, 6) is -0.519. The molecule has 0 aromatic carbocycles. The Morgan fingerprint density at radius 1 is 1.26 bits per heavy atom. The monoisotopic (exact) mass is 272 g/mol. The standard InChI is InChI=1S/C14H24O5/c1-4-6-15-8-9-16-10-12-13-11(5-7-17-12)18-14(2,3)19-13/h4,11-13H,1,5-10H2,2-3H3. The van der Waals surface area contributed by atoms with Crippen LogP contribution in [-0.2, 0) is 23.7 Å². The van der Waals surface area contributed by atoms with E-state index < -0.39 is 5.79 Å². The summed E-state index contributed by atoms with van der Waals surface area (Å²) in [6.07, 6.45) is 2.64. The van der Waals surface area contributed by atoms with Crippen LogP contribution >= 0.6 is 0 Å². The highest BCUT2D eigenvalue weighted by Gasteiger charge is 2.47. The lowest BCUT2D eigenvalue weighted by molar-refractivity contribution is -0.160.